The first-order valence-corrected chi connectivity index (χ1v) is 14.1. The minimum Gasteiger partial charge on any atom is -0.497 e. The Labute approximate surface area is 246 Å². The fourth-order valence-electron chi connectivity index (χ4n) is 5.39. The molecule has 0 bridgehead atoms. The van der Waals surface area contributed by atoms with Gasteiger partial charge < -0.3 is 38.6 Å². The molecule has 2 N–H and O–H groups in total. The van der Waals surface area contributed by atoms with Gasteiger partial charge in [-0.25, -0.2) is 9.59 Å². The molecule has 0 aromatic heterocycles. The van der Waals surface area contributed by atoms with Crippen molar-refractivity contribution in [1.82, 2.24) is 0 Å². The summed E-state index contributed by atoms with van der Waals surface area (Å²) in [5, 5.41) is 19.8. The van der Waals surface area contributed by atoms with Crippen LogP contribution in [0.25, 0.3) is 0 Å². The molecule has 1 saturated carbocycles. The van der Waals surface area contributed by atoms with Crippen LogP contribution in [0.1, 0.15) is 72.2 Å². The van der Waals surface area contributed by atoms with Gasteiger partial charge >= 0.3 is 11.9 Å². The zero-order valence-corrected chi connectivity index (χ0v) is 24.6. The molecule has 10 heteroatoms. The number of carboxylic acids is 1. The summed E-state index contributed by atoms with van der Waals surface area (Å²) in [5.41, 5.74) is 1.11. The molecule has 1 saturated heterocycles. The fourth-order valence-corrected chi connectivity index (χ4v) is 5.39. The lowest BCUT2D eigenvalue weighted by atomic mass is 9.96. The molecule has 1 aliphatic heterocycles. The number of hydrogen-bond donors (Lipinski definition) is 2. The summed E-state index contributed by atoms with van der Waals surface area (Å²) in [4.78, 5) is 25.3. The first kappa shape index (κ1) is 31.5. The molecule has 0 spiro atoms. The number of aliphatic hydroxyl groups is 1. The maximum atomic E-state index is 13.0. The molecule has 2 aliphatic rings. The van der Waals surface area contributed by atoms with Crippen LogP contribution in [-0.4, -0.2) is 73.4 Å². The Morgan fingerprint density at radius 3 is 2.52 bits per heavy atom. The number of aliphatic hydroxyl groups excluding tert-OH is 1. The van der Waals surface area contributed by atoms with Crippen molar-refractivity contribution in [3.05, 3.63) is 71.3 Å². The number of hydrogen-bond acceptors (Lipinski definition) is 9. The number of carbonyl (C=O) groups excluding carboxylic acids is 1. The Kier molecular flexibility index (Phi) is 10.3. The molecule has 0 amide bonds. The molecule has 1 aliphatic carbocycles. The third kappa shape index (κ3) is 7.89. The topological polar surface area (TPSA) is 130 Å². The molecule has 1 heterocycles. The van der Waals surface area contributed by atoms with Gasteiger partial charge in [0.05, 0.1) is 24.9 Å². The highest BCUT2D eigenvalue weighted by Crippen LogP contribution is 2.54. The van der Waals surface area contributed by atoms with E-state index in [0.717, 1.165) is 6.42 Å². The van der Waals surface area contributed by atoms with Crippen molar-refractivity contribution >= 4 is 11.9 Å². The van der Waals surface area contributed by atoms with Gasteiger partial charge in [-0.2, -0.15) is 0 Å². The highest BCUT2D eigenvalue weighted by atomic mass is 16.8. The largest absolute Gasteiger partial charge is 0.497 e. The quantitative estimate of drug-likeness (QED) is 0.179. The van der Waals surface area contributed by atoms with Crippen molar-refractivity contribution in [3.8, 4) is 11.5 Å². The highest BCUT2D eigenvalue weighted by Gasteiger charge is 2.51. The fraction of sp³-hybridized carbons (Fsp3) is 0.500. The molecule has 6 atom stereocenters. The van der Waals surface area contributed by atoms with E-state index in [1.807, 2.05) is 19.9 Å². The van der Waals surface area contributed by atoms with Crippen LogP contribution in [-0.2, 0) is 18.9 Å². The first-order chi connectivity index (χ1) is 20.0. The number of esters is 1. The molecule has 2 aromatic rings. The second-order valence-electron chi connectivity index (χ2n) is 11.2. The Hall–Kier alpha value is -3.44. The van der Waals surface area contributed by atoms with Crippen LogP contribution in [0.5, 0.6) is 11.5 Å². The van der Waals surface area contributed by atoms with E-state index in [1.165, 1.54) is 14.2 Å². The number of carboxylic acid groups (broad SMARTS) is 1. The van der Waals surface area contributed by atoms with Gasteiger partial charge in [0.2, 0.25) is 0 Å². The van der Waals surface area contributed by atoms with Crippen molar-refractivity contribution in [1.29, 1.82) is 0 Å². The van der Waals surface area contributed by atoms with E-state index < -0.39 is 42.1 Å². The Morgan fingerprint density at radius 2 is 1.88 bits per heavy atom. The smallest absolute Gasteiger partial charge is 0.339 e. The van der Waals surface area contributed by atoms with Crippen LogP contribution in [0.4, 0.5) is 0 Å². The number of benzene rings is 2. The molecule has 10 nitrogen and oxygen atoms in total. The van der Waals surface area contributed by atoms with Crippen molar-refractivity contribution in [2.75, 3.05) is 21.0 Å². The first-order valence-electron chi connectivity index (χ1n) is 14.1. The van der Waals surface area contributed by atoms with Crippen molar-refractivity contribution in [2.45, 2.75) is 76.2 Å². The van der Waals surface area contributed by atoms with E-state index in [2.05, 4.69) is 0 Å². The number of aromatic carboxylic acids is 1. The van der Waals surface area contributed by atoms with Gasteiger partial charge in [-0.1, -0.05) is 24.3 Å². The number of rotatable bonds is 14. The predicted octanol–water partition coefficient (Wildman–Crippen LogP) is 4.94. The van der Waals surface area contributed by atoms with E-state index in [4.69, 9.17) is 28.4 Å². The van der Waals surface area contributed by atoms with E-state index in [1.54, 1.807) is 55.5 Å². The zero-order chi connectivity index (χ0) is 30.4. The number of ether oxygens (including phenoxy) is 6. The Balaban J connectivity index is 1.57. The monoisotopic (exact) mass is 584 g/mol. The summed E-state index contributed by atoms with van der Waals surface area (Å²) in [6.45, 7) is 5.20. The maximum absolute atomic E-state index is 13.0. The van der Waals surface area contributed by atoms with E-state index in [0.29, 0.717) is 29.7 Å². The van der Waals surface area contributed by atoms with Crippen molar-refractivity contribution < 1.29 is 48.2 Å². The van der Waals surface area contributed by atoms with Gasteiger partial charge in [0.25, 0.3) is 0 Å². The molecule has 2 fully saturated rings. The second kappa shape index (κ2) is 13.7. The summed E-state index contributed by atoms with van der Waals surface area (Å²) >= 11 is 0. The number of methoxy groups -OCH3 is 2. The molecule has 0 radical (unpaired) electrons. The van der Waals surface area contributed by atoms with Crippen molar-refractivity contribution in [3.63, 3.8) is 0 Å². The van der Waals surface area contributed by atoms with E-state index in [-0.39, 0.29) is 29.9 Å². The zero-order valence-electron chi connectivity index (χ0n) is 24.6. The molecule has 42 heavy (non-hydrogen) atoms. The maximum Gasteiger partial charge on any atom is 0.339 e. The molecule has 4 rings (SSSR count). The molecule has 2 aromatic carbocycles. The van der Waals surface area contributed by atoms with Crippen LogP contribution in [0.2, 0.25) is 0 Å². The average molecular weight is 585 g/mol. The summed E-state index contributed by atoms with van der Waals surface area (Å²) in [7, 11) is 2.98. The summed E-state index contributed by atoms with van der Waals surface area (Å²) in [5.74, 6) is -1.84. The van der Waals surface area contributed by atoms with Crippen LogP contribution < -0.4 is 9.47 Å². The van der Waals surface area contributed by atoms with Crippen molar-refractivity contribution in [2.24, 2.45) is 5.92 Å². The lowest BCUT2D eigenvalue weighted by Crippen LogP contribution is -2.38. The lowest BCUT2D eigenvalue weighted by molar-refractivity contribution is -0.153. The minimum atomic E-state index is -1.10. The molecule has 3 unspecified atom stereocenters. The third-order valence-electron chi connectivity index (χ3n) is 7.35. The highest BCUT2D eigenvalue weighted by molar-refractivity contribution is 5.93. The van der Waals surface area contributed by atoms with Gasteiger partial charge in [0.15, 0.2) is 12.6 Å². The average Bonchev–Trinajstić information content (AvgIpc) is 3.64. The molecule has 228 valence electrons. The minimum absolute atomic E-state index is 0.0693. The summed E-state index contributed by atoms with van der Waals surface area (Å²) in [6, 6.07) is 12.0. The third-order valence-corrected chi connectivity index (χ3v) is 7.35. The second-order valence-corrected chi connectivity index (χ2v) is 11.2. The van der Waals surface area contributed by atoms with Gasteiger partial charge in [-0.15, -0.1) is 0 Å². The normalized spacial score (nSPS) is 24.2. The van der Waals surface area contributed by atoms with Gasteiger partial charge in [0, 0.05) is 13.2 Å². The van der Waals surface area contributed by atoms with E-state index in [9.17, 15) is 19.8 Å². The Bertz CT molecular complexity index is 1260. The predicted molar refractivity (Wildman–Crippen MR) is 153 cm³/mol. The summed E-state index contributed by atoms with van der Waals surface area (Å²) in [6.07, 6.45) is 2.78. The number of carbonyl (C=O) groups is 2. The van der Waals surface area contributed by atoms with Gasteiger partial charge in [-0.05, 0) is 81.7 Å². The van der Waals surface area contributed by atoms with Crippen LogP contribution in [0.3, 0.4) is 0 Å². The van der Waals surface area contributed by atoms with Crippen LogP contribution >= 0.6 is 0 Å². The Morgan fingerprint density at radius 1 is 1.14 bits per heavy atom. The van der Waals surface area contributed by atoms with Gasteiger partial charge in [0.1, 0.15) is 29.3 Å². The SMILES string of the molecule is COCOc1cc(OC)cc(C2CC2C[C@H]2OC(C)(C)O[C@@H]2C(/C=C\C[C@H](C)O)OC(=O)c2ccccc2)c1C(=O)O. The standard InChI is InChI=1S/C32H40O10/c1-19(33)10-9-13-25(40-31(36)20-11-7-6-8-12-20)29-27(41-32(2,3)42-29)15-21-14-23(21)24-16-22(38-5)17-26(39-18-37-4)28(24)30(34)35/h6-9,11-13,16-17,19,21,23,25,27,29,33H,10,14-15,18H2,1-5H3,(H,34,35)/b13-9-/t19-,21?,23?,25?,27+,29+/m0/s1. The van der Waals surface area contributed by atoms with Crippen LogP contribution in [0.15, 0.2) is 54.6 Å². The summed E-state index contributed by atoms with van der Waals surface area (Å²) < 4.78 is 34.5. The molecular weight excluding hydrogens is 544 g/mol. The lowest BCUT2D eigenvalue weighted by Gasteiger charge is -2.25. The van der Waals surface area contributed by atoms with Crippen LogP contribution in [0, 0.1) is 5.92 Å². The van der Waals surface area contributed by atoms with Gasteiger partial charge in [-0.3, -0.25) is 0 Å². The van der Waals surface area contributed by atoms with E-state index >= 15 is 0 Å². The molecular formula is C32H40O10.